The molecule has 132 valence electrons. The number of carbonyl (C=O) groups excluding carboxylic acids is 1. The van der Waals surface area contributed by atoms with Crippen molar-refractivity contribution in [2.45, 2.75) is 44.9 Å². The van der Waals surface area contributed by atoms with Gasteiger partial charge in [0.15, 0.2) is 0 Å². The molecule has 0 saturated heterocycles. The Balaban J connectivity index is 1.54. The van der Waals surface area contributed by atoms with Crippen molar-refractivity contribution in [3.05, 3.63) is 53.9 Å². The van der Waals surface area contributed by atoms with Crippen LogP contribution in [0, 0.1) is 0 Å². The van der Waals surface area contributed by atoms with Gasteiger partial charge in [-0.2, -0.15) is 0 Å². The number of carbonyl (C=O) groups is 1. The summed E-state index contributed by atoms with van der Waals surface area (Å²) in [7, 11) is 0. The molecule has 2 N–H and O–H groups in total. The molecular formula is C19H24N4O2. The summed E-state index contributed by atoms with van der Waals surface area (Å²) in [6, 6.07) is 10.1. The van der Waals surface area contributed by atoms with Crippen molar-refractivity contribution in [2.75, 3.05) is 11.9 Å². The lowest BCUT2D eigenvalue weighted by Crippen LogP contribution is -2.41. The number of amides is 1. The highest BCUT2D eigenvalue weighted by atomic mass is 16.5. The number of benzene rings is 1. The quantitative estimate of drug-likeness (QED) is 0.810. The van der Waals surface area contributed by atoms with Gasteiger partial charge >= 0.3 is 0 Å². The maximum absolute atomic E-state index is 12.4. The summed E-state index contributed by atoms with van der Waals surface area (Å²) in [4.78, 5) is 20.7. The smallest absolute Gasteiger partial charge is 0.254 e. The van der Waals surface area contributed by atoms with Crippen molar-refractivity contribution in [1.82, 2.24) is 15.3 Å². The Bertz CT molecular complexity index is 676. The van der Waals surface area contributed by atoms with E-state index in [2.05, 4.69) is 20.6 Å². The molecule has 1 amide bonds. The van der Waals surface area contributed by atoms with Gasteiger partial charge in [0.1, 0.15) is 0 Å². The minimum absolute atomic E-state index is 0.0321. The van der Waals surface area contributed by atoms with E-state index < -0.39 is 0 Å². The zero-order valence-electron chi connectivity index (χ0n) is 14.4. The second kappa shape index (κ2) is 8.58. The highest BCUT2D eigenvalue weighted by molar-refractivity contribution is 5.93. The predicted octanol–water partition coefficient (Wildman–Crippen LogP) is 2.78. The Morgan fingerprint density at radius 1 is 1.20 bits per heavy atom. The summed E-state index contributed by atoms with van der Waals surface area (Å²) in [5.41, 5.74) is 1.61. The van der Waals surface area contributed by atoms with Gasteiger partial charge in [-0.1, -0.05) is 30.3 Å². The largest absolute Gasteiger partial charge is 0.371 e. The Morgan fingerprint density at radius 2 is 1.96 bits per heavy atom. The molecule has 1 heterocycles. The van der Waals surface area contributed by atoms with E-state index in [0.29, 0.717) is 18.1 Å². The molecule has 0 aliphatic heterocycles. The number of hydrogen-bond acceptors (Lipinski definition) is 5. The zero-order chi connectivity index (χ0) is 17.5. The fraction of sp³-hybridized carbons (Fsp3) is 0.421. The van der Waals surface area contributed by atoms with Gasteiger partial charge < -0.3 is 15.4 Å². The topological polar surface area (TPSA) is 76.1 Å². The molecule has 1 fully saturated rings. The molecule has 3 rings (SSSR count). The number of nitrogens with one attached hydrogen (secondary N) is 2. The third-order valence-corrected chi connectivity index (χ3v) is 4.32. The van der Waals surface area contributed by atoms with E-state index in [1.165, 1.54) is 0 Å². The number of rotatable bonds is 7. The highest BCUT2D eigenvalue weighted by Gasteiger charge is 2.29. The van der Waals surface area contributed by atoms with Crippen molar-refractivity contribution in [1.29, 1.82) is 0 Å². The van der Waals surface area contributed by atoms with Gasteiger partial charge in [-0.25, -0.2) is 9.97 Å². The Labute approximate surface area is 148 Å². The lowest BCUT2D eigenvalue weighted by atomic mass is 10.2. The molecule has 1 saturated carbocycles. The molecule has 1 aromatic heterocycles. The second-order valence-corrected chi connectivity index (χ2v) is 6.17. The molecule has 1 aliphatic rings. The minimum Gasteiger partial charge on any atom is -0.371 e. The van der Waals surface area contributed by atoms with Crippen LogP contribution in [0.2, 0.25) is 0 Å². The van der Waals surface area contributed by atoms with Crippen LogP contribution in [-0.2, 0) is 11.3 Å². The zero-order valence-corrected chi connectivity index (χ0v) is 14.4. The standard InChI is InChI=1S/C19H24N4O2/c1-2-20-19-21-11-15(12-22-19)18(24)23-16-9-6-10-17(16)25-13-14-7-4-3-5-8-14/h3-5,7-8,11-12,16-17H,2,6,9-10,13H2,1H3,(H,23,24)(H,20,21,22)/t16-,17-/m1/s1. The average Bonchev–Trinajstić information content (AvgIpc) is 3.09. The molecule has 6 heteroatoms. The van der Waals surface area contributed by atoms with Crippen molar-refractivity contribution in [3.8, 4) is 0 Å². The Hall–Kier alpha value is -2.47. The normalized spacial score (nSPS) is 19.6. The van der Waals surface area contributed by atoms with Gasteiger partial charge in [-0.3, -0.25) is 4.79 Å². The summed E-state index contributed by atoms with van der Waals surface area (Å²) in [6.07, 6.45) is 6.10. The average molecular weight is 340 g/mol. The third-order valence-electron chi connectivity index (χ3n) is 4.32. The number of ether oxygens (including phenoxy) is 1. The van der Waals surface area contributed by atoms with Crippen LogP contribution in [0.5, 0.6) is 0 Å². The van der Waals surface area contributed by atoms with E-state index in [1.807, 2.05) is 37.3 Å². The SMILES string of the molecule is CCNc1ncc(C(=O)N[C@@H]2CCC[C@H]2OCc2ccccc2)cn1. The monoisotopic (exact) mass is 340 g/mol. The maximum Gasteiger partial charge on any atom is 0.254 e. The lowest BCUT2D eigenvalue weighted by molar-refractivity contribution is 0.0272. The number of hydrogen-bond donors (Lipinski definition) is 2. The third kappa shape index (κ3) is 4.76. The number of anilines is 1. The fourth-order valence-corrected chi connectivity index (χ4v) is 3.01. The first-order chi connectivity index (χ1) is 12.3. The van der Waals surface area contributed by atoms with Crippen LogP contribution in [0.15, 0.2) is 42.7 Å². The van der Waals surface area contributed by atoms with Gasteiger partial charge in [-0.05, 0) is 31.7 Å². The van der Waals surface area contributed by atoms with E-state index in [-0.39, 0.29) is 18.1 Å². The van der Waals surface area contributed by atoms with Crippen LogP contribution in [0.3, 0.4) is 0 Å². The van der Waals surface area contributed by atoms with E-state index >= 15 is 0 Å². The van der Waals surface area contributed by atoms with Crippen molar-refractivity contribution in [3.63, 3.8) is 0 Å². The van der Waals surface area contributed by atoms with Crippen molar-refractivity contribution < 1.29 is 9.53 Å². The molecule has 1 aromatic carbocycles. The van der Waals surface area contributed by atoms with Crippen LogP contribution in [0.4, 0.5) is 5.95 Å². The molecule has 0 bridgehead atoms. The molecule has 0 unspecified atom stereocenters. The van der Waals surface area contributed by atoms with Crippen molar-refractivity contribution in [2.24, 2.45) is 0 Å². The van der Waals surface area contributed by atoms with Gasteiger partial charge in [-0.15, -0.1) is 0 Å². The van der Waals surface area contributed by atoms with Crippen molar-refractivity contribution >= 4 is 11.9 Å². The Kier molecular flexibility index (Phi) is 5.95. The fourth-order valence-electron chi connectivity index (χ4n) is 3.01. The van der Waals surface area contributed by atoms with E-state index in [0.717, 1.165) is 31.4 Å². The molecule has 25 heavy (non-hydrogen) atoms. The van der Waals surface area contributed by atoms with Gasteiger partial charge in [0, 0.05) is 18.9 Å². The van der Waals surface area contributed by atoms with Crippen LogP contribution in [0.25, 0.3) is 0 Å². The maximum atomic E-state index is 12.4. The summed E-state index contributed by atoms with van der Waals surface area (Å²) in [5.74, 6) is 0.382. The second-order valence-electron chi connectivity index (χ2n) is 6.17. The Morgan fingerprint density at radius 3 is 2.68 bits per heavy atom. The molecule has 0 spiro atoms. The first kappa shape index (κ1) is 17.4. The first-order valence-corrected chi connectivity index (χ1v) is 8.78. The lowest BCUT2D eigenvalue weighted by Gasteiger charge is -2.21. The summed E-state index contributed by atoms with van der Waals surface area (Å²) >= 11 is 0. The highest BCUT2D eigenvalue weighted by Crippen LogP contribution is 2.23. The van der Waals surface area contributed by atoms with Crippen LogP contribution < -0.4 is 10.6 Å². The number of nitrogens with zero attached hydrogens (tertiary/aromatic N) is 2. The van der Waals surface area contributed by atoms with E-state index in [4.69, 9.17) is 4.74 Å². The van der Waals surface area contributed by atoms with Crippen LogP contribution in [0.1, 0.15) is 42.1 Å². The summed E-state index contributed by atoms with van der Waals surface area (Å²) < 4.78 is 6.03. The molecule has 0 radical (unpaired) electrons. The van der Waals surface area contributed by atoms with Gasteiger partial charge in [0.2, 0.25) is 5.95 Å². The number of aromatic nitrogens is 2. The van der Waals surface area contributed by atoms with E-state index in [9.17, 15) is 4.79 Å². The molecule has 2 aromatic rings. The van der Waals surface area contributed by atoms with E-state index in [1.54, 1.807) is 12.4 Å². The molecule has 6 nitrogen and oxygen atoms in total. The molecular weight excluding hydrogens is 316 g/mol. The van der Waals surface area contributed by atoms with Crippen LogP contribution in [-0.4, -0.2) is 34.6 Å². The minimum atomic E-state index is -0.150. The van der Waals surface area contributed by atoms with Gasteiger partial charge in [0.25, 0.3) is 5.91 Å². The predicted molar refractivity (Wildman–Crippen MR) is 96.3 cm³/mol. The van der Waals surface area contributed by atoms with Gasteiger partial charge in [0.05, 0.1) is 24.3 Å². The first-order valence-electron chi connectivity index (χ1n) is 8.78. The summed E-state index contributed by atoms with van der Waals surface area (Å²) in [6.45, 7) is 3.28. The van der Waals surface area contributed by atoms with Crippen LogP contribution >= 0.6 is 0 Å². The molecule has 1 aliphatic carbocycles. The summed E-state index contributed by atoms with van der Waals surface area (Å²) in [5, 5.41) is 6.08. The molecule has 2 atom stereocenters.